The molecule has 0 aliphatic heterocycles. The maximum atomic E-state index is 9.18. The molecule has 0 fully saturated rings. The van der Waals surface area contributed by atoms with Gasteiger partial charge in [0.2, 0.25) is 0 Å². The number of rotatable bonds is 4. The Labute approximate surface area is 117 Å². The molecule has 0 unspecified atom stereocenters. The number of hydrogen-bond acceptors (Lipinski definition) is 4. The van der Waals surface area contributed by atoms with Gasteiger partial charge in [-0.1, -0.05) is 19.9 Å². The van der Waals surface area contributed by atoms with E-state index < -0.39 is 0 Å². The van der Waals surface area contributed by atoms with E-state index in [4.69, 9.17) is 0 Å². The highest BCUT2D eigenvalue weighted by atomic mass is 32.1. The Morgan fingerprint density at radius 2 is 2.26 bits per heavy atom. The first-order valence-electron chi connectivity index (χ1n) is 6.17. The number of aromatic nitrogens is 2. The minimum Gasteiger partial charge on any atom is -0.368 e. The molecule has 0 saturated carbocycles. The summed E-state index contributed by atoms with van der Waals surface area (Å²) in [6, 6.07) is 6.42. The number of nitrogens with zero attached hydrogens (tertiary/aromatic N) is 3. The number of nitriles is 1. The first-order valence-corrected chi connectivity index (χ1v) is 7.05. The molecular formula is C14H18N4S. The molecule has 0 aliphatic carbocycles. The van der Waals surface area contributed by atoms with Crippen LogP contribution in [0.15, 0.2) is 17.5 Å². The van der Waals surface area contributed by atoms with E-state index in [1.807, 2.05) is 14.0 Å². The Bertz CT molecular complexity index is 602. The van der Waals surface area contributed by atoms with Crippen LogP contribution in [0.3, 0.4) is 0 Å². The molecule has 0 bridgehead atoms. The van der Waals surface area contributed by atoms with Gasteiger partial charge in [0.05, 0.1) is 5.69 Å². The van der Waals surface area contributed by atoms with Crippen LogP contribution in [0.1, 0.15) is 30.0 Å². The van der Waals surface area contributed by atoms with Gasteiger partial charge in [0, 0.05) is 23.9 Å². The summed E-state index contributed by atoms with van der Waals surface area (Å²) in [5.41, 5.74) is 1.42. The van der Waals surface area contributed by atoms with Crippen LogP contribution >= 0.6 is 11.3 Å². The molecule has 0 amide bonds. The molecule has 2 rings (SSSR count). The standard InChI is InChI=1S/C14H18N4S/c1-10-11(8-15)13(18(4)17-10)16-9-14(2,3)12-6-5-7-19-12/h5-7,16H,9H2,1-4H3. The Balaban J connectivity index is 2.18. The van der Waals surface area contributed by atoms with Crippen molar-refractivity contribution in [1.82, 2.24) is 9.78 Å². The molecule has 19 heavy (non-hydrogen) atoms. The molecule has 2 aromatic heterocycles. The average molecular weight is 274 g/mol. The lowest BCUT2D eigenvalue weighted by Crippen LogP contribution is -2.27. The maximum Gasteiger partial charge on any atom is 0.142 e. The van der Waals surface area contributed by atoms with Gasteiger partial charge in [0.15, 0.2) is 0 Å². The molecule has 0 saturated heterocycles. The zero-order chi connectivity index (χ0) is 14.0. The van der Waals surface area contributed by atoms with E-state index in [0.717, 1.165) is 18.1 Å². The van der Waals surface area contributed by atoms with Crippen molar-refractivity contribution in [3.8, 4) is 6.07 Å². The number of hydrogen-bond donors (Lipinski definition) is 1. The maximum absolute atomic E-state index is 9.18. The third kappa shape index (κ3) is 2.64. The van der Waals surface area contributed by atoms with Gasteiger partial charge in [-0.2, -0.15) is 10.4 Å². The van der Waals surface area contributed by atoms with Gasteiger partial charge in [0.25, 0.3) is 0 Å². The second-order valence-corrected chi connectivity index (χ2v) is 6.21. The molecule has 0 radical (unpaired) electrons. The van der Waals surface area contributed by atoms with E-state index in [1.54, 1.807) is 16.0 Å². The molecule has 5 heteroatoms. The molecule has 0 aliphatic rings. The van der Waals surface area contributed by atoms with Gasteiger partial charge in [-0.05, 0) is 18.4 Å². The Hall–Kier alpha value is -1.80. The second-order valence-electron chi connectivity index (χ2n) is 5.26. The lowest BCUT2D eigenvalue weighted by Gasteiger charge is -2.24. The summed E-state index contributed by atoms with van der Waals surface area (Å²) in [6.45, 7) is 7.01. The average Bonchev–Trinajstić information content (AvgIpc) is 2.95. The van der Waals surface area contributed by atoms with Crippen LogP contribution in [-0.2, 0) is 12.5 Å². The molecule has 2 aromatic rings. The number of anilines is 1. The van der Waals surface area contributed by atoms with Crippen molar-refractivity contribution in [2.75, 3.05) is 11.9 Å². The first kappa shape index (κ1) is 13.6. The predicted octanol–water partition coefficient (Wildman–Crippen LogP) is 3.05. The summed E-state index contributed by atoms with van der Waals surface area (Å²) in [5.74, 6) is 0.796. The van der Waals surface area contributed by atoms with Crippen molar-refractivity contribution in [3.63, 3.8) is 0 Å². The Morgan fingerprint density at radius 1 is 1.53 bits per heavy atom. The summed E-state index contributed by atoms with van der Waals surface area (Å²) in [5, 5.41) is 18.9. The topological polar surface area (TPSA) is 53.6 Å². The summed E-state index contributed by atoms with van der Waals surface area (Å²) in [4.78, 5) is 1.33. The van der Waals surface area contributed by atoms with Gasteiger partial charge in [-0.15, -0.1) is 11.3 Å². The van der Waals surface area contributed by atoms with E-state index >= 15 is 0 Å². The van der Waals surface area contributed by atoms with Crippen LogP contribution in [0.5, 0.6) is 0 Å². The molecule has 100 valence electrons. The molecular weight excluding hydrogens is 256 g/mol. The van der Waals surface area contributed by atoms with E-state index in [2.05, 4.69) is 47.8 Å². The van der Waals surface area contributed by atoms with E-state index in [-0.39, 0.29) is 5.41 Å². The lowest BCUT2D eigenvalue weighted by molar-refractivity contribution is 0.565. The van der Waals surface area contributed by atoms with Crippen LogP contribution in [0, 0.1) is 18.3 Å². The van der Waals surface area contributed by atoms with E-state index in [1.165, 1.54) is 4.88 Å². The van der Waals surface area contributed by atoms with Crippen molar-refractivity contribution in [3.05, 3.63) is 33.6 Å². The Morgan fingerprint density at radius 3 is 2.84 bits per heavy atom. The molecule has 0 atom stereocenters. The van der Waals surface area contributed by atoms with Gasteiger partial charge < -0.3 is 5.32 Å². The van der Waals surface area contributed by atoms with Gasteiger partial charge in [0.1, 0.15) is 17.5 Å². The largest absolute Gasteiger partial charge is 0.368 e. The zero-order valence-electron chi connectivity index (χ0n) is 11.7. The smallest absolute Gasteiger partial charge is 0.142 e. The number of aryl methyl sites for hydroxylation is 2. The third-order valence-electron chi connectivity index (χ3n) is 3.22. The minimum absolute atomic E-state index is 0.0269. The fraction of sp³-hybridized carbons (Fsp3) is 0.429. The molecule has 4 nitrogen and oxygen atoms in total. The quantitative estimate of drug-likeness (QED) is 0.932. The minimum atomic E-state index is 0.0269. The third-order valence-corrected chi connectivity index (χ3v) is 4.46. The van der Waals surface area contributed by atoms with Crippen molar-refractivity contribution in [2.24, 2.45) is 7.05 Å². The molecule has 1 N–H and O–H groups in total. The van der Waals surface area contributed by atoms with Crippen LogP contribution in [0.4, 0.5) is 5.82 Å². The van der Waals surface area contributed by atoms with Crippen molar-refractivity contribution in [2.45, 2.75) is 26.2 Å². The van der Waals surface area contributed by atoms with Gasteiger partial charge >= 0.3 is 0 Å². The van der Waals surface area contributed by atoms with Crippen molar-refractivity contribution >= 4 is 17.2 Å². The van der Waals surface area contributed by atoms with Gasteiger partial charge in [-0.3, -0.25) is 4.68 Å². The SMILES string of the molecule is Cc1nn(C)c(NCC(C)(C)c2cccs2)c1C#N. The highest BCUT2D eigenvalue weighted by molar-refractivity contribution is 7.10. The number of thiophene rings is 1. The van der Waals surface area contributed by atoms with Crippen molar-refractivity contribution < 1.29 is 0 Å². The fourth-order valence-corrected chi connectivity index (χ4v) is 2.90. The second kappa shape index (κ2) is 5.06. The first-order chi connectivity index (χ1) is 8.95. The molecule has 0 spiro atoms. The zero-order valence-corrected chi connectivity index (χ0v) is 12.5. The highest BCUT2D eigenvalue weighted by Gasteiger charge is 2.23. The highest BCUT2D eigenvalue weighted by Crippen LogP contribution is 2.28. The normalized spacial score (nSPS) is 11.3. The predicted molar refractivity (Wildman–Crippen MR) is 78.5 cm³/mol. The van der Waals surface area contributed by atoms with Crippen LogP contribution in [0.2, 0.25) is 0 Å². The van der Waals surface area contributed by atoms with E-state index in [0.29, 0.717) is 5.56 Å². The summed E-state index contributed by atoms with van der Waals surface area (Å²) < 4.78 is 1.73. The molecule has 0 aromatic carbocycles. The fourth-order valence-electron chi connectivity index (χ4n) is 2.05. The van der Waals surface area contributed by atoms with Crippen LogP contribution < -0.4 is 5.32 Å². The van der Waals surface area contributed by atoms with E-state index in [9.17, 15) is 5.26 Å². The lowest BCUT2D eigenvalue weighted by atomic mass is 9.91. The van der Waals surface area contributed by atoms with Gasteiger partial charge in [-0.25, -0.2) is 0 Å². The van der Waals surface area contributed by atoms with Crippen LogP contribution in [-0.4, -0.2) is 16.3 Å². The molecule has 2 heterocycles. The van der Waals surface area contributed by atoms with Crippen molar-refractivity contribution in [1.29, 1.82) is 5.26 Å². The monoisotopic (exact) mass is 274 g/mol. The summed E-state index contributed by atoms with van der Waals surface area (Å²) in [6.07, 6.45) is 0. The number of nitrogens with one attached hydrogen (secondary N) is 1. The summed E-state index contributed by atoms with van der Waals surface area (Å²) >= 11 is 1.76. The Kier molecular flexibility index (Phi) is 3.63. The summed E-state index contributed by atoms with van der Waals surface area (Å²) in [7, 11) is 1.86. The van der Waals surface area contributed by atoms with Crippen LogP contribution in [0.25, 0.3) is 0 Å².